The van der Waals surface area contributed by atoms with Gasteiger partial charge in [-0.15, -0.1) is 0 Å². The Balaban J connectivity index is 1.68. The molecule has 0 saturated carbocycles. The Bertz CT molecular complexity index is 867. The van der Waals surface area contributed by atoms with Crippen LogP contribution in [0.15, 0.2) is 41.5 Å². The maximum absolute atomic E-state index is 14.2. The van der Waals surface area contributed by atoms with Crippen molar-refractivity contribution in [1.29, 1.82) is 0 Å². The number of allylic oxidation sites excluding steroid dienone is 1. The van der Waals surface area contributed by atoms with E-state index in [1.165, 1.54) is 16.6 Å². The molecular formula is C20H27FN2O4S. The zero-order valence-electron chi connectivity index (χ0n) is 16.4. The highest BCUT2D eigenvalue weighted by molar-refractivity contribution is 7.93. The van der Waals surface area contributed by atoms with Crippen LogP contribution in [0, 0.1) is 5.82 Å². The van der Waals surface area contributed by atoms with Gasteiger partial charge in [0.1, 0.15) is 23.9 Å². The van der Waals surface area contributed by atoms with E-state index < -0.39 is 10.0 Å². The molecule has 2 atom stereocenters. The molecule has 3 rings (SSSR count). The summed E-state index contributed by atoms with van der Waals surface area (Å²) in [6.45, 7) is 4.53. The van der Waals surface area contributed by atoms with Crippen LogP contribution in [-0.4, -0.2) is 45.3 Å². The Labute approximate surface area is 166 Å². The highest BCUT2D eigenvalue weighted by Gasteiger charge is 2.32. The van der Waals surface area contributed by atoms with Gasteiger partial charge in [0.05, 0.1) is 11.4 Å². The van der Waals surface area contributed by atoms with E-state index in [0.29, 0.717) is 24.3 Å². The van der Waals surface area contributed by atoms with Crippen LogP contribution in [-0.2, 0) is 14.8 Å². The van der Waals surface area contributed by atoms with Crippen molar-refractivity contribution in [2.45, 2.75) is 44.9 Å². The van der Waals surface area contributed by atoms with E-state index in [0.717, 1.165) is 6.42 Å². The Morgan fingerprint density at radius 3 is 2.71 bits per heavy atom. The van der Waals surface area contributed by atoms with Gasteiger partial charge < -0.3 is 14.8 Å². The fraction of sp³-hybridized carbons (Fsp3) is 0.500. The van der Waals surface area contributed by atoms with E-state index in [-0.39, 0.29) is 35.5 Å². The minimum Gasteiger partial charge on any atom is -0.489 e. The number of hydrogen-bond acceptors (Lipinski definition) is 5. The Kier molecular flexibility index (Phi) is 6.42. The molecule has 2 heterocycles. The highest BCUT2D eigenvalue weighted by atomic mass is 32.2. The second-order valence-corrected chi connectivity index (χ2v) is 9.25. The van der Waals surface area contributed by atoms with Crippen molar-refractivity contribution in [2.75, 3.05) is 20.2 Å². The number of piperidine rings is 1. The fourth-order valence-electron chi connectivity index (χ4n) is 3.37. The monoisotopic (exact) mass is 410 g/mol. The summed E-state index contributed by atoms with van der Waals surface area (Å²) in [6, 6.07) is 4.85. The normalized spacial score (nSPS) is 23.4. The first-order valence-electron chi connectivity index (χ1n) is 9.44. The SMILES string of the molecule is COC1C=CC(S(=O)(=O)N2CCCC(Oc3ccc(C(C)C)c(F)c3)C2)=CN1. The lowest BCUT2D eigenvalue weighted by Crippen LogP contribution is -2.45. The number of nitrogens with zero attached hydrogens (tertiary/aromatic N) is 1. The number of benzene rings is 1. The molecule has 2 aliphatic heterocycles. The van der Waals surface area contributed by atoms with Gasteiger partial charge in [-0.3, -0.25) is 0 Å². The third-order valence-electron chi connectivity index (χ3n) is 4.95. The van der Waals surface area contributed by atoms with Crippen molar-refractivity contribution in [3.8, 4) is 5.75 Å². The molecule has 6 nitrogen and oxygen atoms in total. The quantitative estimate of drug-likeness (QED) is 0.781. The van der Waals surface area contributed by atoms with Crippen LogP contribution >= 0.6 is 0 Å². The standard InChI is InChI=1S/C20H27FN2O4S/c1-14(2)18-8-6-15(11-19(18)21)27-16-5-4-10-23(13-16)28(24,25)17-7-9-20(26-3)22-12-17/h6-9,11-12,14,16,20,22H,4-5,10,13H2,1-3H3. The molecule has 1 aromatic rings. The smallest absolute Gasteiger partial charge is 0.244 e. The zero-order valence-corrected chi connectivity index (χ0v) is 17.2. The maximum Gasteiger partial charge on any atom is 0.244 e. The second kappa shape index (κ2) is 8.63. The summed E-state index contributed by atoms with van der Waals surface area (Å²) in [7, 11) is -2.09. The topological polar surface area (TPSA) is 67.9 Å². The Morgan fingerprint density at radius 1 is 1.32 bits per heavy atom. The summed E-state index contributed by atoms with van der Waals surface area (Å²) in [5.74, 6) is 0.212. The first-order chi connectivity index (χ1) is 13.3. The van der Waals surface area contributed by atoms with Gasteiger partial charge in [-0.25, -0.2) is 12.8 Å². The predicted molar refractivity (Wildman–Crippen MR) is 106 cm³/mol. The molecule has 0 radical (unpaired) electrons. The molecule has 2 aliphatic rings. The van der Waals surface area contributed by atoms with Crippen LogP contribution in [0.3, 0.4) is 0 Å². The predicted octanol–water partition coefficient (Wildman–Crippen LogP) is 3.10. The van der Waals surface area contributed by atoms with Crippen LogP contribution in [0.25, 0.3) is 0 Å². The summed E-state index contributed by atoms with van der Waals surface area (Å²) < 4.78 is 52.5. The minimum absolute atomic E-state index is 0.0903. The zero-order chi connectivity index (χ0) is 20.3. The van der Waals surface area contributed by atoms with Gasteiger partial charge >= 0.3 is 0 Å². The number of dihydropyridines is 1. The molecule has 0 aromatic heterocycles. The molecule has 8 heteroatoms. The van der Waals surface area contributed by atoms with Gasteiger partial charge in [0.25, 0.3) is 0 Å². The average Bonchev–Trinajstić information content (AvgIpc) is 2.68. The summed E-state index contributed by atoms with van der Waals surface area (Å²) in [5, 5.41) is 2.89. The van der Waals surface area contributed by atoms with Crippen LogP contribution in [0.1, 0.15) is 38.2 Å². The van der Waals surface area contributed by atoms with E-state index in [2.05, 4.69) is 5.32 Å². The lowest BCUT2D eigenvalue weighted by atomic mass is 10.0. The van der Waals surface area contributed by atoms with E-state index in [1.807, 2.05) is 13.8 Å². The van der Waals surface area contributed by atoms with Gasteiger partial charge in [-0.2, -0.15) is 4.31 Å². The average molecular weight is 411 g/mol. The van der Waals surface area contributed by atoms with Crippen LogP contribution in [0.2, 0.25) is 0 Å². The number of halogens is 1. The largest absolute Gasteiger partial charge is 0.489 e. The molecule has 28 heavy (non-hydrogen) atoms. The number of nitrogens with one attached hydrogen (secondary N) is 1. The molecule has 0 bridgehead atoms. The Hall–Kier alpha value is -1.90. The first-order valence-corrected chi connectivity index (χ1v) is 10.9. The highest BCUT2D eigenvalue weighted by Crippen LogP contribution is 2.27. The molecule has 2 unspecified atom stereocenters. The van der Waals surface area contributed by atoms with Gasteiger partial charge in [0.2, 0.25) is 10.0 Å². The first kappa shape index (κ1) is 20.8. The van der Waals surface area contributed by atoms with E-state index in [9.17, 15) is 12.8 Å². The van der Waals surface area contributed by atoms with Gasteiger partial charge in [-0.1, -0.05) is 19.9 Å². The van der Waals surface area contributed by atoms with Gasteiger partial charge in [0.15, 0.2) is 0 Å². The lowest BCUT2D eigenvalue weighted by molar-refractivity contribution is 0.123. The number of ether oxygens (including phenoxy) is 2. The Morgan fingerprint density at radius 2 is 2.11 bits per heavy atom. The third-order valence-corrected chi connectivity index (χ3v) is 6.82. The molecule has 1 aromatic carbocycles. The van der Waals surface area contributed by atoms with Crippen LogP contribution in [0.5, 0.6) is 5.75 Å². The van der Waals surface area contributed by atoms with Crippen LogP contribution < -0.4 is 10.1 Å². The molecule has 1 fully saturated rings. The van der Waals surface area contributed by atoms with Crippen molar-refractivity contribution >= 4 is 10.0 Å². The second-order valence-electron chi connectivity index (χ2n) is 7.31. The summed E-state index contributed by atoms with van der Waals surface area (Å²) in [4.78, 5) is 0.189. The number of methoxy groups -OCH3 is 1. The van der Waals surface area contributed by atoms with Crippen molar-refractivity contribution in [2.24, 2.45) is 0 Å². The third kappa shape index (κ3) is 4.56. The number of hydrogen-bond donors (Lipinski definition) is 1. The van der Waals surface area contributed by atoms with Crippen molar-refractivity contribution in [3.63, 3.8) is 0 Å². The number of sulfonamides is 1. The van der Waals surface area contributed by atoms with E-state index >= 15 is 0 Å². The van der Waals surface area contributed by atoms with Crippen LogP contribution in [0.4, 0.5) is 4.39 Å². The fourth-order valence-corrected chi connectivity index (χ4v) is 4.87. The summed E-state index contributed by atoms with van der Waals surface area (Å²) in [5.41, 5.74) is 0.637. The molecule has 0 amide bonds. The molecule has 0 spiro atoms. The van der Waals surface area contributed by atoms with Crippen molar-refractivity contribution in [3.05, 3.63) is 52.8 Å². The molecule has 1 saturated heterocycles. The van der Waals surface area contributed by atoms with E-state index in [4.69, 9.17) is 9.47 Å². The maximum atomic E-state index is 14.2. The molecule has 154 valence electrons. The lowest BCUT2D eigenvalue weighted by Gasteiger charge is -2.33. The van der Waals surface area contributed by atoms with Gasteiger partial charge in [0, 0.05) is 25.9 Å². The number of rotatable bonds is 6. The molecule has 1 N–H and O–H groups in total. The summed E-state index contributed by atoms with van der Waals surface area (Å²) >= 11 is 0. The molecule has 0 aliphatic carbocycles. The minimum atomic E-state index is -3.63. The van der Waals surface area contributed by atoms with Crippen molar-refractivity contribution in [1.82, 2.24) is 9.62 Å². The van der Waals surface area contributed by atoms with E-state index in [1.54, 1.807) is 31.4 Å². The molecular weight excluding hydrogens is 383 g/mol. The van der Waals surface area contributed by atoms with Gasteiger partial charge in [-0.05, 0) is 42.5 Å². The summed E-state index contributed by atoms with van der Waals surface area (Å²) in [6.07, 6.45) is 5.41. The van der Waals surface area contributed by atoms with Crippen molar-refractivity contribution < 1.29 is 22.3 Å².